The molecule has 0 amide bonds. The number of nitrogens with zero attached hydrogens (tertiary/aromatic N) is 2. The number of benzene rings is 10. The molecule has 0 atom stereocenters. The molecule has 0 N–H and O–H groups in total. The smallest absolute Gasteiger partial charge is 0.159 e. The van der Waals surface area contributed by atoms with Gasteiger partial charge in [-0.25, -0.2) is 0 Å². The summed E-state index contributed by atoms with van der Waals surface area (Å²) in [4.78, 5) is 4.90. The van der Waals surface area contributed by atoms with E-state index in [0.29, 0.717) is 11.8 Å². The molecule has 330 valence electrons. The molecule has 0 saturated heterocycles. The Bertz CT molecular complexity index is 3650. The highest BCUT2D eigenvalue weighted by molar-refractivity contribution is 6.30. The lowest BCUT2D eigenvalue weighted by molar-refractivity contribution is 0.643. The van der Waals surface area contributed by atoms with E-state index in [1.54, 1.807) is 0 Å². The Hall–Kier alpha value is -7.56. The highest BCUT2D eigenvalue weighted by Crippen LogP contribution is 2.52. The number of aryl methyl sites for hydroxylation is 2. The van der Waals surface area contributed by atoms with Crippen LogP contribution in [0.15, 0.2) is 179 Å². The van der Waals surface area contributed by atoms with Gasteiger partial charge in [0, 0.05) is 43.7 Å². The number of hydrogen-bond acceptors (Lipinski definition) is 4. The fraction of sp³-hybridized carbons (Fsp3) is 0.188. The first-order chi connectivity index (χ1) is 33.6. The maximum atomic E-state index is 7.18. The van der Waals surface area contributed by atoms with Crippen LogP contribution in [0, 0.1) is 13.8 Å². The van der Waals surface area contributed by atoms with E-state index >= 15 is 0 Å². The van der Waals surface area contributed by atoms with Gasteiger partial charge in [-0.3, -0.25) is 0 Å². The molecular weight excluding hydrogens is 829 g/mol. The Labute approximate surface area is 396 Å². The summed E-state index contributed by atoms with van der Waals surface area (Å²) in [7, 11) is 0. The van der Waals surface area contributed by atoms with Crippen LogP contribution in [0.3, 0.4) is 0 Å². The lowest BCUT2D eigenvalue weighted by Gasteiger charge is -2.30. The third-order valence-corrected chi connectivity index (χ3v) is 15.9. The van der Waals surface area contributed by atoms with Crippen molar-refractivity contribution in [2.24, 2.45) is 0 Å². The van der Waals surface area contributed by atoms with Gasteiger partial charge >= 0.3 is 0 Å². The predicted octanol–water partition coefficient (Wildman–Crippen LogP) is 19.3. The molecule has 0 aliphatic heterocycles. The Morgan fingerprint density at radius 3 is 1.12 bits per heavy atom. The number of hydrogen-bond donors (Lipinski definition) is 0. The van der Waals surface area contributed by atoms with E-state index in [1.807, 2.05) is 0 Å². The first kappa shape index (κ1) is 39.6. The predicted molar refractivity (Wildman–Crippen MR) is 286 cm³/mol. The first-order valence-electron chi connectivity index (χ1n) is 24.9. The average Bonchev–Trinajstić information content (AvgIpc) is 4.23. The Morgan fingerprint density at radius 1 is 0.338 bits per heavy atom. The number of anilines is 6. The van der Waals surface area contributed by atoms with Gasteiger partial charge in [0.2, 0.25) is 0 Å². The maximum Gasteiger partial charge on any atom is 0.159 e. The fourth-order valence-corrected chi connectivity index (χ4v) is 12.8. The first-order valence-corrected chi connectivity index (χ1v) is 24.9. The second-order valence-corrected chi connectivity index (χ2v) is 19.8. The van der Waals surface area contributed by atoms with Gasteiger partial charge in [0.05, 0.1) is 22.7 Å². The van der Waals surface area contributed by atoms with Gasteiger partial charge < -0.3 is 18.6 Å². The Morgan fingerprint density at radius 2 is 0.706 bits per heavy atom. The summed E-state index contributed by atoms with van der Waals surface area (Å²) in [5, 5.41) is 12.2. The molecule has 4 nitrogen and oxygen atoms in total. The highest BCUT2D eigenvalue weighted by Gasteiger charge is 2.29. The minimum absolute atomic E-state index is 0.542. The lowest BCUT2D eigenvalue weighted by Crippen LogP contribution is -2.12. The van der Waals surface area contributed by atoms with Crippen molar-refractivity contribution >= 4 is 110 Å². The van der Waals surface area contributed by atoms with E-state index in [0.717, 1.165) is 67.2 Å². The molecular formula is C64H52N2O2. The summed E-state index contributed by atoms with van der Waals surface area (Å²) in [5.74, 6) is 1.08. The average molecular weight is 881 g/mol. The van der Waals surface area contributed by atoms with Gasteiger partial charge in [-0.05, 0) is 144 Å². The van der Waals surface area contributed by atoms with E-state index in [2.05, 4.69) is 194 Å². The van der Waals surface area contributed by atoms with Gasteiger partial charge in [0.25, 0.3) is 0 Å². The van der Waals surface area contributed by atoms with Crippen molar-refractivity contribution in [1.82, 2.24) is 0 Å². The largest absolute Gasteiger partial charge is 0.454 e. The molecule has 10 aromatic carbocycles. The summed E-state index contributed by atoms with van der Waals surface area (Å²) < 4.78 is 14.4. The van der Waals surface area contributed by atoms with Gasteiger partial charge in [-0.15, -0.1) is 0 Å². The van der Waals surface area contributed by atoms with E-state index in [4.69, 9.17) is 8.83 Å². The normalized spacial score (nSPS) is 14.9. The monoisotopic (exact) mass is 880 g/mol. The Balaban J connectivity index is 1.02. The number of fused-ring (bicyclic) bond motifs is 6. The van der Waals surface area contributed by atoms with Crippen LogP contribution in [0.1, 0.15) is 85.5 Å². The number of rotatable bonds is 8. The molecule has 0 bridgehead atoms. The van der Waals surface area contributed by atoms with Crippen LogP contribution in [0.5, 0.6) is 0 Å². The van der Waals surface area contributed by atoms with Crippen molar-refractivity contribution in [1.29, 1.82) is 0 Å². The van der Waals surface area contributed by atoms with Crippen LogP contribution >= 0.6 is 0 Å². The zero-order chi connectivity index (χ0) is 45.0. The molecule has 4 heteroatoms. The van der Waals surface area contributed by atoms with Gasteiger partial charge in [0.15, 0.2) is 11.2 Å². The second kappa shape index (κ2) is 15.5. The third kappa shape index (κ3) is 5.92. The van der Waals surface area contributed by atoms with Crippen LogP contribution in [0.25, 0.3) is 76.2 Å². The van der Waals surface area contributed by atoms with Crippen molar-refractivity contribution < 1.29 is 8.83 Å². The highest BCUT2D eigenvalue weighted by atomic mass is 16.3. The summed E-state index contributed by atoms with van der Waals surface area (Å²) in [5.41, 5.74) is 15.6. The minimum Gasteiger partial charge on any atom is -0.454 e. The van der Waals surface area contributed by atoms with Crippen LogP contribution in [-0.2, 0) is 0 Å². The molecule has 14 rings (SSSR count). The summed E-state index contributed by atoms with van der Waals surface area (Å²) in [6, 6.07) is 62.9. The molecule has 2 aliphatic carbocycles. The molecule has 0 radical (unpaired) electrons. The SMILES string of the molecule is Cc1cc(N(c2ccccc2)c2cccc3c2oc2c(C4CCCC4)cccc23)c2ccc3c(C)cc(N(c4ccccc4)c4cccc5c4oc4c(C6CCCC6)cccc45)c4ccc1c2c34. The Kier molecular flexibility index (Phi) is 9.03. The molecule has 0 unspecified atom stereocenters. The van der Waals surface area contributed by atoms with Crippen molar-refractivity contribution in [3.8, 4) is 0 Å². The topological polar surface area (TPSA) is 32.8 Å². The molecule has 12 aromatic rings. The number of para-hydroxylation sites is 6. The van der Waals surface area contributed by atoms with Gasteiger partial charge in [0.1, 0.15) is 11.2 Å². The van der Waals surface area contributed by atoms with Crippen LogP contribution in [0.2, 0.25) is 0 Å². The van der Waals surface area contributed by atoms with Crippen LogP contribution in [0.4, 0.5) is 34.1 Å². The zero-order valence-corrected chi connectivity index (χ0v) is 38.7. The van der Waals surface area contributed by atoms with Crippen molar-refractivity contribution in [2.45, 2.75) is 77.0 Å². The van der Waals surface area contributed by atoms with Crippen LogP contribution < -0.4 is 9.80 Å². The quantitative estimate of drug-likeness (QED) is 0.142. The summed E-state index contributed by atoms with van der Waals surface area (Å²) in [6.07, 6.45) is 10.0. The molecule has 68 heavy (non-hydrogen) atoms. The molecule has 2 heterocycles. The summed E-state index contributed by atoms with van der Waals surface area (Å²) in [6.45, 7) is 4.56. The van der Waals surface area contributed by atoms with E-state index < -0.39 is 0 Å². The maximum absolute atomic E-state index is 7.18. The van der Waals surface area contributed by atoms with Crippen molar-refractivity contribution in [2.75, 3.05) is 9.80 Å². The van der Waals surface area contributed by atoms with E-state index in [-0.39, 0.29) is 0 Å². The fourth-order valence-electron chi connectivity index (χ4n) is 12.8. The van der Waals surface area contributed by atoms with E-state index in [1.165, 1.54) is 117 Å². The molecule has 2 aromatic heterocycles. The van der Waals surface area contributed by atoms with Gasteiger partial charge in [-0.1, -0.05) is 147 Å². The lowest BCUT2D eigenvalue weighted by atomic mass is 9.88. The van der Waals surface area contributed by atoms with Crippen LogP contribution in [-0.4, -0.2) is 0 Å². The summed E-state index contributed by atoms with van der Waals surface area (Å²) >= 11 is 0. The van der Waals surface area contributed by atoms with E-state index in [9.17, 15) is 0 Å². The molecule has 2 fully saturated rings. The standard InChI is InChI=1S/C64H52N2O2/c1-39-37-57(65(43-21-5-3-6-22-43)55-31-15-29-51-49-27-13-25-47(41-17-9-10-18-41)61(49)67-63(51)55)53-36-34-46-40(2)38-58(54-35-33-45(39)59(53)60(46)54)66(44-23-7-4-8-24-44)56-32-16-30-52-50-28-14-26-48(42-19-11-12-20-42)62(50)68-64(52)56/h3-8,13-16,21-38,41-42H,9-12,17-20H2,1-2H3. The second-order valence-electron chi connectivity index (χ2n) is 19.8. The molecule has 0 spiro atoms. The molecule has 2 saturated carbocycles. The zero-order valence-electron chi connectivity index (χ0n) is 38.7. The third-order valence-electron chi connectivity index (χ3n) is 15.9. The minimum atomic E-state index is 0.542. The van der Waals surface area contributed by atoms with Crippen molar-refractivity contribution in [3.63, 3.8) is 0 Å². The van der Waals surface area contributed by atoms with Crippen molar-refractivity contribution in [3.05, 3.63) is 192 Å². The number of furan rings is 2. The molecule has 2 aliphatic rings. The van der Waals surface area contributed by atoms with Gasteiger partial charge in [-0.2, -0.15) is 0 Å².